The lowest BCUT2D eigenvalue weighted by atomic mass is 9.89. The smallest absolute Gasteiger partial charge is 0.321 e. The van der Waals surface area contributed by atoms with Crippen molar-refractivity contribution < 1.29 is 35.5 Å². The maximum absolute atomic E-state index is 13.9. The van der Waals surface area contributed by atoms with E-state index in [1.54, 1.807) is 17.9 Å². The average Bonchev–Trinajstić information content (AvgIpc) is 3.22. The first-order valence-corrected chi connectivity index (χ1v) is 12.5. The van der Waals surface area contributed by atoms with E-state index in [1.165, 1.54) is 31.0 Å². The lowest BCUT2D eigenvalue weighted by molar-refractivity contribution is -0.143. The fourth-order valence-corrected chi connectivity index (χ4v) is 5.36. The summed E-state index contributed by atoms with van der Waals surface area (Å²) in [6.07, 6.45) is -8.20. The standard InChI is InChI=1S/C27H30F7N3O/c1-16-11-22(28)5-6-23(16)24-18(15-36-8-4-9-36)7-10-37(24)25(38)35(3)17(2)19-12-20(26(29,30)31)14-21(13-19)27(32,33)34/h5-6,11-14,17-18,24H,4,7-10,15H2,1-3H3/t17-,18+,24-/m1/s1. The molecule has 38 heavy (non-hydrogen) atoms. The highest BCUT2D eigenvalue weighted by Gasteiger charge is 2.42. The Bertz CT molecular complexity index is 1140. The van der Waals surface area contributed by atoms with Crippen LogP contribution in [-0.2, 0) is 12.4 Å². The Morgan fingerprint density at radius 3 is 2.11 bits per heavy atom. The predicted octanol–water partition coefficient (Wildman–Crippen LogP) is 7.05. The summed E-state index contributed by atoms with van der Waals surface area (Å²) >= 11 is 0. The number of hydrogen-bond acceptors (Lipinski definition) is 2. The molecule has 11 heteroatoms. The molecule has 0 saturated carbocycles. The van der Waals surface area contributed by atoms with Crippen molar-refractivity contribution in [1.29, 1.82) is 0 Å². The van der Waals surface area contributed by atoms with E-state index < -0.39 is 47.4 Å². The first-order valence-electron chi connectivity index (χ1n) is 12.5. The molecule has 2 aliphatic rings. The minimum absolute atomic E-state index is 0.0532. The van der Waals surface area contributed by atoms with Crippen LogP contribution in [0.4, 0.5) is 35.5 Å². The third-order valence-electron chi connectivity index (χ3n) is 7.74. The molecular formula is C27H30F7N3O. The Labute approximate surface area is 217 Å². The summed E-state index contributed by atoms with van der Waals surface area (Å²) in [5.41, 5.74) is -1.67. The number of carbonyl (C=O) groups is 1. The lowest BCUT2D eigenvalue weighted by Gasteiger charge is -2.38. The van der Waals surface area contributed by atoms with Crippen LogP contribution in [0.1, 0.15) is 59.7 Å². The maximum atomic E-state index is 13.9. The number of likely N-dealkylation sites (tertiary alicyclic amines) is 2. The summed E-state index contributed by atoms with van der Waals surface area (Å²) < 4.78 is 94.3. The number of rotatable bonds is 5. The van der Waals surface area contributed by atoms with Crippen molar-refractivity contribution >= 4 is 6.03 Å². The Hall–Kier alpha value is -2.82. The molecule has 4 rings (SSSR count). The van der Waals surface area contributed by atoms with Gasteiger partial charge in [-0.3, -0.25) is 0 Å². The zero-order valence-electron chi connectivity index (χ0n) is 21.3. The highest BCUT2D eigenvalue weighted by Crippen LogP contribution is 2.42. The van der Waals surface area contributed by atoms with E-state index in [0.29, 0.717) is 30.7 Å². The molecule has 0 N–H and O–H groups in total. The molecule has 2 aliphatic heterocycles. The van der Waals surface area contributed by atoms with Gasteiger partial charge >= 0.3 is 18.4 Å². The molecular weight excluding hydrogens is 515 g/mol. The second kappa shape index (κ2) is 10.4. The Balaban J connectivity index is 1.65. The van der Waals surface area contributed by atoms with Crippen molar-refractivity contribution in [2.45, 2.75) is 51.1 Å². The quantitative estimate of drug-likeness (QED) is 0.377. The molecule has 0 unspecified atom stereocenters. The third-order valence-corrected chi connectivity index (χ3v) is 7.74. The summed E-state index contributed by atoms with van der Waals surface area (Å²) in [6.45, 7) is 6.17. The molecule has 0 aliphatic carbocycles. The van der Waals surface area contributed by atoms with Gasteiger partial charge < -0.3 is 14.7 Å². The van der Waals surface area contributed by atoms with Crippen LogP contribution >= 0.6 is 0 Å². The van der Waals surface area contributed by atoms with Crippen molar-refractivity contribution in [3.05, 3.63) is 70.0 Å². The number of alkyl halides is 6. The highest BCUT2D eigenvalue weighted by molar-refractivity contribution is 5.76. The average molecular weight is 546 g/mol. The van der Waals surface area contributed by atoms with E-state index in [4.69, 9.17) is 0 Å². The molecule has 0 radical (unpaired) electrons. The van der Waals surface area contributed by atoms with Crippen molar-refractivity contribution in [2.75, 3.05) is 33.2 Å². The molecule has 0 bridgehead atoms. The fraction of sp³-hybridized carbons (Fsp3) is 0.519. The summed E-state index contributed by atoms with van der Waals surface area (Å²) in [7, 11) is 1.37. The molecule has 2 saturated heterocycles. The molecule has 2 fully saturated rings. The van der Waals surface area contributed by atoms with Crippen molar-refractivity contribution in [1.82, 2.24) is 14.7 Å². The van der Waals surface area contributed by atoms with Gasteiger partial charge in [0.2, 0.25) is 0 Å². The Kier molecular flexibility index (Phi) is 7.71. The zero-order valence-corrected chi connectivity index (χ0v) is 21.3. The summed E-state index contributed by atoms with van der Waals surface area (Å²) in [5, 5.41) is 0. The predicted molar refractivity (Wildman–Crippen MR) is 128 cm³/mol. The molecule has 2 amide bonds. The third kappa shape index (κ3) is 5.77. The van der Waals surface area contributed by atoms with Crippen LogP contribution in [0, 0.1) is 18.7 Å². The summed E-state index contributed by atoms with van der Waals surface area (Å²) in [5.74, 6) is -0.352. The zero-order chi connectivity index (χ0) is 28.0. The van der Waals surface area contributed by atoms with Gasteiger partial charge in [-0.05, 0) is 92.7 Å². The topological polar surface area (TPSA) is 26.8 Å². The number of amides is 2. The molecule has 2 heterocycles. The van der Waals surface area contributed by atoms with E-state index >= 15 is 0 Å². The number of aryl methyl sites for hydroxylation is 1. The van der Waals surface area contributed by atoms with Gasteiger partial charge in [0.15, 0.2) is 0 Å². The molecule has 2 aromatic carbocycles. The van der Waals surface area contributed by atoms with Crippen molar-refractivity contribution in [3.63, 3.8) is 0 Å². The molecule has 0 spiro atoms. The largest absolute Gasteiger partial charge is 0.416 e. The van der Waals surface area contributed by atoms with Gasteiger partial charge in [0, 0.05) is 20.1 Å². The Morgan fingerprint density at radius 1 is 1.00 bits per heavy atom. The van der Waals surface area contributed by atoms with Crippen LogP contribution in [-0.4, -0.2) is 54.0 Å². The summed E-state index contributed by atoms with van der Waals surface area (Å²) in [4.78, 5) is 18.8. The van der Waals surface area contributed by atoms with Gasteiger partial charge in [0.1, 0.15) is 5.82 Å². The monoisotopic (exact) mass is 545 g/mol. The van der Waals surface area contributed by atoms with Gasteiger partial charge in [0.05, 0.1) is 23.2 Å². The maximum Gasteiger partial charge on any atom is 0.416 e. The van der Waals surface area contributed by atoms with Crippen LogP contribution < -0.4 is 0 Å². The van der Waals surface area contributed by atoms with Crippen molar-refractivity contribution in [2.24, 2.45) is 5.92 Å². The van der Waals surface area contributed by atoms with Gasteiger partial charge in [0.25, 0.3) is 0 Å². The molecule has 0 aromatic heterocycles. The first-order chi connectivity index (χ1) is 17.7. The molecule has 208 valence electrons. The van der Waals surface area contributed by atoms with Crippen molar-refractivity contribution in [3.8, 4) is 0 Å². The molecule has 4 nitrogen and oxygen atoms in total. The number of nitrogens with zero attached hydrogens (tertiary/aromatic N) is 3. The highest BCUT2D eigenvalue weighted by atomic mass is 19.4. The fourth-order valence-electron chi connectivity index (χ4n) is 5.36. The van der Waals surface area contributed by atoms with Crippen LogP contribution in [0.15, 0.2) is 36.4 Å². The van der Waals surface area contributed by atoms with Gasteiger partial charge in [-0.1, -0.05) is 6.07 Å². The van der Waals surface area contributed by atoms with Crippen LogP contribution in [0.3, 0.4) is 0 Å². The van der Waals surface area contributed by atoms with Crippen LogP contribution in [0.25, 0.3) is 0 Å². The molecule has 2 aromatic rings. The van der Waals surface area contributed by atoms with Gasteiger partial charge in [-0.25, -0.2) is 9.18 Å². The number of urea groups is 1. The second-order valence-electron chi connectivity index (χ2n) is 10.3. The first kappa shape index (κ1) is 28.2. The van der Waals surface area contributed by atoms with E-state index in [2.05, 4.69) is 4.90 Å². The molecule has 3 atom stereocenters. The minimum atomic E-state index is -4.98. The number of halogens is 7. The Morgan fingerprint density at radius 2 is 1.61 bits per heavy atom. The van der Waals surface area contributed by atoms with Crippen LogP contribution in [0.2, 0.25) is 0 Å². The number of hydrogen-bond donors (Lipinski definition) is 0. The second-order valence-corrected chi connectivity index (χ2v) is 10.3. The number of benzene rings is 2. The summed E-state index contributed by atoms with van der Waals surface area (Å²) in [6, 6.07) is 3.78. The van der Waals surface area contributed by atoms with E-state index in [0.717, 1.165) is 31.6 Å². The SMILES string of the molecule is Cc1cc(F)ccc1[C@H]1[C@H](CN2CCC2)CCN1C(=O)N(C)[C@H](C)c1cc(C(F)(F)F)cc(C(F)(F)F)c1. The normalized spacial score (nSPS) is 21.4. The van der Waals surface area contributed by atoms with Gasteiger partial charge in [-0.15, -0.1) is 0 Å². The van der Waals surface area contributed by atoms with E-state index in [9.17, 15) is 35.5 Å². The minimum Gasteiger partial charge on any atom is -0.321 e. The lowest BCUT2D eigenvalue weighted by Crippen LogP contribution is -2.45. The van der Waals surface area contributed by atoms with E-state index in [-0.39, 0.29) is 17.5 Å². The van der Waals surface area contributed by atoms with E-state index in [1.807, 2.05) is 0 Å². The van der Waals surface area contributed by atoms with Gasteiger partial charge in [-0.2, -0.15) is 26.3 Å². The number of carbonyl (C=O) groups excluding carboxylic acids is 1. The van der Waals surface area contributed by atoms with Crippen LogP contribution in [0.5, 0.6) is 0 Å².